The number of unbranched alkanes of at least 4 members (excludes halogenated alkanes) is 2. The van der Waals surface area contributed by atoms with Gasteiger partial charge in [0.05, 0.1) is 33.1 Å². The van der Waals surface area contributed by atoms with Gasteiger partial charge in [0.15, 0.2) is 0 Å². The van der Waals surface area contributed by atoms with Gasteiger partial charge in [-0.3, -0.25) is 34.1 Å². The van der Waals surface area contributed by atoms with E-state index < -0.39 is 69.8 Å². The van der Waals surface area contributed by atoms with Crippen LogP contribution in [0, 0.1) is 17.8 Å². The molecule has 1 aliphatic rings. The quantitative estimate of drug-likeness (QED) is 0.0393. The Morgan fingerprint density at radius 3 is 1.98 bits per heavy atom. The largest absolute Gasteiger partial charge is 1.00 e. The zero-order valence-electron chi connectivity index (χ0n) is 26.2. The average molecular weight is 667 g/mol. The minimum atomic E-state index is -4.32. The van der Waals surface area contributed by atoms with Gasteiger partial charge in [-0.15, -0.1) is 0 Å². The molecule has 244 valence electrons. The van der Waals surface area contributed by atoms with Crippen LogP contribution in [0.5, 0.6) is 0 Å². The normalized spacial score (nSPS) is 14.6. The van der Waals surface area contributed by atoms with Crippen LogP contribution in [0.1, 0.15) is 65.8 Å². The van der Waals surface area contributed by atoms with Gasteiger partial charge in [-0.2, -0.15) is 0 Å². The number of fused-ring (bicyclic) bond motifs is 1. The summed E-state index contributed by atoms with van der Waals surface area (Å²) in [6.07, 6.45) is 1.20. The maximum Gasteiger partial charge on any atom is 1.00 e. The van der Waals surface area contributed by atoms with E-state index in [1.807, 2.05) is 13.8 Å². The molecule has 3 atom stereocenters. The van der Waals surface area contributed by atoms with Crippen molar-refractivity contribution in [2.24, 2.45) is 17.8 Å². The summed E-state index contributed by atoms with van der Waals surface area (Å²) in [5, 5.41) is 15.1. The van der Waals surface area contributed by atoms with E-state index in [1.165, 1.54) is 12.1 Å². The summed E-state index contributed by atoms with van der Waals surface area (Å²) >= 11 is 0. The average Bonchev–Trinajstić information content (AvgIpc) is 3.24. The molecule has 0 saturated carbocycles. The molecular formula is C31H39N4NaO9S. The summed E-state index contributed by atoms with van der Waals surface area (Å²) in [6, 6.07) is 14.1. The standard InChI is InChI=1S/C31H40N4O9S.Na/c1-20(2)17-24(25(28(37)34-41)19-35-30(39)22-13-7-8-14-23(22)31(35)40)27(36)33-26(18-21-11-5-3-6-12-21)29(38)32-15-9-4-10-16-45(42,43)44;/h3,5-8,11-14,20,24-26,41H,4,9-10,15-19H2,1-2H3,(H,32,38)(H,33,36)(H,34,37)(H,42,43,44);/q;+1/p-1. The summed E-state index contributed by atoms with van der Waals surface area (Å²) in [7, 11) is -4.32. The number of hydroxylamine groups is 1. The minimum absolute atomic E-state index is 0. The van der Waals surface area contributed by atoms with Crippen LogP contribution in [0.25, 0.3) is 0 Å². The van der Waals surface area contributed by atoms with Gasteiger partial charge in [-0.25, -0.2) is 13.9 Å². The molecule has 4 N–H and O–H groups in total. The first-order valence-electron chi connectivity index (χ1n) is 14.8. The molecule has 0 fully saturated rings. The number of benzene rings is 2. The second kappa shape index (κ2) is 18.3. The van der Waals surface area contributed by atoms with Crippen molar-refractivity contribution in [2.45, 2.75) is 52.0 Å². The Bertz CT molecular complexity index is 1450. The molecule has 0 bridgehead atoms. The van der Waals surface area contributed by atoms with Gasteiger partial charge in [-0.05, 0) is 42.9 Å². The van der Waals surface area contributed by atoms with E-state index in [2.05, 4.69) is 10.6 Å². The number of carbonyl (C=O) groups is 5. The number of hydrogen-bond acceptors (Lipinski definition) is 9. The van der Waals surface area contributed by atoms with Gasteiger partial charge in [0.25, 0.3) is 11.8 Å². The molecule has 2 aromatic rings. The molecule has 0 aromatic heterocycles. The van der Waals surface area contributed by atoms with Crippen molar-refractivity contribution in [1.29, 1.82) is 0 Å². The molecule has 5 amide bonds. The summed E-state index contributed by atoms with van der Waals surface area (Å²) in [5.41, 5.74) is 2.65. The van der Waals surface area contributed by atoms with E-state index in [4.69, 9.17) is 0 Å². The number of hydrogen-bond donors (Lipinski definition) is 4. The molecule has 3 rings (SSSR count). The minimum Gasteiger partial charge on any atom is -0.748 e. The number of amides is 5. The first-order valence-corrected chi connectivity index (χ1v) is 16.3. The van der Waals surface area contributed by atoms with Crippen molar-refractivity contribution < 1.29 is 71.7 Å². The molecule has 2 aromatic carbocycles. The van der Waals surface area contributed by atoms with Gasteiger partial charge >= 0.3 is 29.6 Å². The number of nitrogens with one attached hydrogen (secondary N) is 3. The third-order valence-electron chi connectivity index (χ3n) is 7.54. The van der Waals surface area contributed by atoms with Crippen LogP contribution in [0.3, 0.4) is 0 Å². The third kappa shape index (κ3) is 11.3. The molecule has 1 aliphatic heterocycles. The number of rotatable bonds is 17. The molecule has 3 unspecified atom stereocenters. The van der Waals surface area contributed by atoms with Crippen molar-refractivity contribution in [1.82, 2.24) is 21.0 Å². The van der Waals surface area contributed by atoms with E-state index in [1.54, 1.807) is 47.9 Å². The fraction of sp³-hybridized carbons (Fsp3) is 0.452. The van der Waals surface area contributed by atoms with Crippen molar-refractivity contribution in [2.75, 3.05) is 18.8 Å². The van der Waals surface area contributed by atoms with E-state index in [9.17, 15) is 42.2 Å². The molecule has 0 radical (unpaired) electrons. The first kappa shape index (κ1) is 39.0. The van der Waals surface area contributed by atoms with Crippen molar-refractivity contribution >= 4 is 39.7 Å². The van der Waals surface area contributed by atoms with Crippen LogP contribution < -0.4 is 45.7 Å². The monoisotopic (exact) mass is 666 g/mol. The smallest absolute Gasteiger partial charge is 0.748 e. The fourth-order valence-corrected chi connectivity index (χ4v) is 5.85. The third-order valence-corrected chi connectivity index (χ3v) is 8.33. The van der Waals surface area contributed by atoms with E-state index >= 15 is 0 Å². The molecular weight excluding hydrogens is 627 g/mol. The van der Waals surface area contributed by atoms with Gasteiger partial charge in [0.2, 0.25) is 17.7 Å². The van der Waals surface area contributed by atoms with Gasteiger partial charge in [0, 0.05) is 25.3 Å². The van der Waals surface area contributed by atoms with Crippen LogP contribution in [-0.4, -0.2) is 77.5 Å². The number of nitrogens with zero attached hydrogens (tertiary/aromatic N) is 1. The molecule has 46 heavy (non-hydrogen) atoms. The Labute approximate surface area is 290 Å². The Morgan fingerprint density at radius 2 is 1.43 bits per heavy atom. The van der Waals surface area contributed by atoms with Crippen LogP contribution in [0.15, 0.2) is 54.6 Å². The summed E-state index contributed by atoms with van der Waals surface area (Å²) < 4.78 is 32.4. The maximum absolute atomic E-state index is 13.9. The van der Waals surface area contributed by atoms with Crippen molar-refractivity contribution in [3.63, 3.8) is 0 Å². The summed E-state index contributed by atoms with van der Waals surface area (Å²) in [5.74, 6) is -6.49. The van der Waals surface area contributed by atoms with Crippen LogP contribution in [0.2, 0.25) is 0 Å². The molecule has 15 heteroatoms. The predicted molar refractivity (Wildman–Crippen MR) is 162 cm³/mol. The first-order chi connectivity index (χ1) is 21.3. The number of imide groups is 1. The second-order valence-corrected chi connectivity index (χ2v) is 13.0. The molecule has 0 aliphatic carbocycles. The van der Waals surface area contributed by atoms with Crippen molar-refractivity contribution in [3.8, 4) is 0 Å². The van der Waals surface area contributed by atoms with Gasteiger partial charge in [0.1, 0.15) is 6.04 Å². The summed E-state index contributed by atoms with van der Waals surface area (Å²) in [4.78, 5) is 67.2. The van der Waals surface area contributed by atoms with Crippen LogP contribution in [-0.2, 0) is 30.9 Å². The Kier molecular flexibility index (Phi) is 15.5. The predicted octanol–water partition coefficient (Wildman–Crippen LogP) is -1.37. The van der Waals surface area contributed by atoms with E-state index in [0.717, 1.165) is 10.5 Å². The van der Waals surface area contributed by atoms with E-state index in [-0.39, 0.29) is 72.4 Å². The Balaban J connectivity index is 0.00000736. The maximum atomic E-state index is 13.9. The van der Waals surface area contributed by atoms with Crippen LogP contribution >= 0.6 is 0 Å². The molecule has 1 heterocycles. The zero-order chi connectivity index (χ0) is 33.1. The SMILES string of the molecule is CC(C)CC(C(=O)NC(Cc1ccccc1)C(=O)NCCCCCS(=O)(=O)[O-])C(CN1C(=O)c2ccccc2C1=O)C(=O)NO.[Na+]. The van der Waals surface area contributed by atoms with E-state index in [0.29, 0.717) is 12.8 Å². The zero-order valence-corrected chi connectivity index (χ0v) is 29.0. The number of carbonyl (C=O) groups excluding carboxylic acids is 5. The summed E-state index contributed by atoms with van der Waals surface area (Å²) in [6.45, 7) is 3.34. The van der Waals surface area contributed by atoms with Gasteiger partial charge in [-0.1, -0.05) is 62.7 Å². The van der Waals surface area contributed by atoms with Crippen LogP contribution in [0.4, 0.5) is 0 Å². The van der Waals surface area contributed by atoms with Crippen molar-refractivity contribution in [3.05, 3.63) is 71.3 Å². The topological polar surface area (TPSA) is 202 Å². The fourth-order valence-electron chi connectivity index (χ4n) is 5.29. The Hall–Kier alpha value is -3.14. The second-order valence-electron chi connectivity index (χ2n) is 11.4. The Morgan fingerprint density at radius 1 is 0.848 bits per heavy atom. The molecule has 0 saturated heterocycles. The van der Waals surface area contributed by atoms with Gasteiger partial charge < -0.3 is 15.2 Å². The molecule has 13 nitrogen and oxygen atoms in total. The molecule has 0 spiro atoms.